The molecule has 0 spiro atoms. The van der Waals surface area contributed by atoms with Crippen LogP contribution in [0.2, 0.25) is 0 Å². The highest BCUT2D eigenvalue weighted by Gasteiger charge is 2.09. The van der Waals surface area contributed by atoms with E-state index in [-0.39, 0.29) is 0 Å². The van der Waals surface area contributed by atoms with E-state index in [1.54, 1.807) is 6.26 Å². The van der Waals surface area contributed by atoms with Gasteiger partial charge in [0, 0.05) is 10.8 Å². The molecule has 0 unspecified atom stereocenters. The molecule has 0 saturated carbocycles. The molecule has 0 aliphatic carbocycles. The lowest BCUT2D eigenvalue weighted by atomic mass is 9.96. The van der Waals surface area contributed by atoms with E-state index < -0.39 is 0 Å². The summed E-state index contributed by atoms with van der Waals surface area (Å²) < 4.78 is 5.62. The Kier molecular flexibility index (Phi) is 2.18. The van der Waals surface area contributed by atoms with Crippen LogP contribution in [0, 0.1) is 0 Å². The fraction of sp³-hybridized carbons (Fsp3) is 0. The third kappa shape index (κ3) is 1.55. The van der Waals surface area contributed by atoms with Crippen molar-refractivity contribution in [2.75, 3.05) is 0 Å². The van der Waals surface area contributed by atoms with Crippen LogP contribution in [0.25, 0.3) is 32.9 Å². The summed E-state index contributed by atoms with van der Waals surface area (Å²) in [6.07, 6.45) is 1.76. The molecule has 0 aliphatic heterocycles. The maximum absolute atomic E-state index is 5.62. The summed E-state index contributed by atoms with van der Waals surface area (Å²) in [5, 5.41) is 3.55. The van der Waals surface area contributed by atoms with Crippen molar-refractivity contribution in [2.45, 2.75) is 0 Å². The predicted octanol–water partition coefficient (Wildman–Crippen LogP) is 5.25. The smallest absolute Gasteiger partial charge is 0.141 e. The second-order valence-electron chi connectivity index (χ2n) is 4.67. The lowest BCUT2D eigenvalue weighted by molar-refractivity contribution is 0.619. The minimum Gasteiger partial charge on any atom is -0.464 e. The van der Waals surface area contributed by atoms with Crippen molar-refractivity contribution in [1.29, 1.82) is 0 Å². The van der Waals surface area contributed by atoms with Gasteiger partial charge < -0.3 is 4.42 Å². The lowest BCUT2D eigenvalue weighted by Crippen LogP contribution is -1.82. The first-order valence-corrected chi connectivity index (χ1v) is 6.38. The van der Waals surface area contributed by atoms with Crippen LogP contribution in [0.1, 0.15) is 0 Å². The lowest BCUT2D eigenvalue weighted by Gasteiger charge is -2.07. The molecule has 90 valence electrons. The Balaban J connectivity index is 2.19. The normalized spacial score (nSPS) is 11.2. The average molecular weight is 244 g/mol. The van der Waals surface area contributed by atoms with E-state index in [9.17, 15) is 0 Å². The molecule has 0 fully saturated rings. The van der Waals surface area contributed by atoms with E-state index in [4.69, 9.17) is 4.42 Å². The number of rotatable bonds is 1. The molecular weight excluding hydrogens is 232 g/mol. The highest BCUT2D eigenvalue weighted by atomic mass is 16.3. The van der Waals surface area contributed by atoms with Crippen molar-refractivity contribution in [2.24, 2.45) is 0 Å². The van der Waals surface area contributed by atoms with Gasteiger partial charge in [0.25, 0.3) is 0 Å². The topological polar surface area (TPSA) is 13.1 Å². The van der Waals surface area contributed by atoms with Crippen LogP contribution in [0.5, 0.6) is 0 Å². The van der Waals surface area contributed by atoms with E-state index in [0.29, 0.717) is 0 Å². The molecule has 4 aromatic rings. The third-order valence-electron chi connectivity index (χ3n) is 3.54. The van der Waals surface area contributed by atoms with Gasteiger partial charge in [0.05, 0.1) is 6.26 Å². The summed E-state index contributed by atoms with van der Waals surface area (Å²) in [6.45, 7) is 0. The summed E-state index contributed by atoms with van der Waals surface area (Å²) in [7, 11) is 0. The molecule has 1 aromatic heterocycles. The van der Waals surface area contributed by atoms with Crippen molar-refractivity contribution in [3.63, 3.8) is 0 Å². The summed E-state index contributed by atoms with van der Waals surface area (Å²) in [5.74, 6) is 0. The molecule has 0 aliphatic rings. The number of furan rings is 1. The molecular formula is C18H12O. The molecule has 0 amide bonds. The molecule has 1 nitrogen and oxygen atoms in total. The molecule has 1 heteroatoms. The number of hydrogen-bond acceptors (Lipinski definition) is 1. The largest absolute Gasteiger partial charge is 0.464 e. The molecule has 3 aromatic carbocycles. The Hall–Kier alpha value is -2.54. The van der Waals surface area contributed by atoms with Crippen molar-refractivity contribution < 1.29 is 4.42 Å². The van der Waals surface area contributed by atoms with Gasteiger partial charge in [-0.2, -0.15) is 0 Å². The highest BCUT2D eigenvalue weighted by molar-refractivity contribution is 6.11. The zero-order valence-corrected chi connectivity index (χ0v) is 10.3. The van der Waals surface area contributed by atoms with E-state index in [1.807, 2.05) is 12.1 Å². The van der Waals surface area contributed by atoms with Gasteiger partial charge >= 0.3 is 0 Å². The molecule has 4 rings (SSSR count). The van der Waals surface area contributed by atoms with Crippen LogP contribution in [-0.4, -0.2) is 0 Å². The first-order chi connectivity index (χ1) is 9.43. The number of hydrogen-bond donors (Lipinski definition) is 0. The van der Waals surface area contributed by atoms with Crippen molar-refractivity contribution in [1.82, 2.24) is 0 Å². The molecule has 0 saturated heterocycles. The second kappa shape index (κ2) is 3.99. The van der Waals surface area contributed by atoms with Gasteiger partial charge in [0.15, 0.2) is 0 Å². The molecule has 0 bridgehead atoms. The number of benzene rings is 3. The average Bonchev–Trinajstić information content (AvgIpc) is 2.96. The predicted molar refractivity (Wildman–Crippen MR) is 79.2 cm³/mol. The van der Waals surface area contributed by atoms with E-state index in [0.717, 1.165) is 11.0 Å². The minimum absolute atomic E-state index is 0.968. The summed E-state index contributed by atoms with van der Waals surface area (Å²) in [4.78, 5) is 0. The van der Waals surface area contributed by atoms with Gasteiger partial charge in [0.1, 0.15) is 5.58 Å². The fourth-order valence-electron chi connectivity index (χ4n) is 2.66. The Morgan fingerprint density at radius 3 is 2.26 bits per heavy atom. The molecule has 1 heterocycles. The molecule has 0 N–H and O–H groups in total. The van der Waals surface area contributed by atoms with Crippen LogP contribution in [-0.2, 0) is 0 Å². The quantitative estimate of drug-likeness (QED) is 0.445. The van der Waals surface area contributed by atoms with Gasteiger partial charge in [-0.1, -0.05) is 54.6 Å². The standard InChI is InChI=1S/C18H12O/c1-2-6-13(7-3-1)17-12-14-10-11-19-18(14)16-9-5-4-8-15(16)17/h1-12H. The molecule has 19 heavy (non-hydrogen) atoms. The van der Waals surface area contributed by atoms with Crippen LogP contribution >= 0.6 is 0 Å². The Morgan fingerprint density at radius 1 is 0.684 bits per heavy atom. The SMILES string of the molecule is c1ccc(-c2cc3ccoc3c3ccccc23)cc1. The van der Waals surface area contributed by atoms with E-state index in [2.05, 4.69) is 54.6 Å². The number of fused-ring (bicyclic) bond motifs is 3. The van der Waals surface area contributed by atoms with Gasteiger partial charge in [-0.25, -0.2) is 0 Å². The second-order valence-corrected chi connectivity index (χ2v) is 4.67. The van der Waals surface area contributed by atoms with Crippen LogP contribution < -0.4 is 0 Å². The van der Waals surface area contributed by atoms with Gasteiger partial charge in [-0.15, -0.1) is 0 Å². The van der Waals surface area contributed by atoms with Crippen LogP contribution in [0.3, 0.4) is 0 Å². The highest BCUT2D eigenvalue weighted by Crippen LogP contribution is 2.34. The molecule has 0 radical (unpaired) electrons. The Bertz CT molecular complexity index is 857. The van der Waals surface area contributed by atoms with Gasteiger partial charge in [0.2, 0.25) is 0 Å². The first kappa shape index (κ1) is 10.4. The molecule has 0 atom stereocenters. The maximum atomic E-state index is 5.62. The zero-order chi connectivity index (χ0) is 12.7. The van der Waals surface area contributed by atoms with E-state index in [1.165, 1.54) is 21.9 Å². The zero-order valence-electron chi connectivity index (χ0n) is 10.3. The first-order valence-electron chi connectivity index (χ1n) is 6.38. The van der Waals surface area contributed by atoms with Crippen molar-refractivity contribution >= 4 is 21.7 Å². The third-order valence-corrected chi connectivity index (χ3v) is 3.54. The minimum atomic E-state index is 0.968. The van der Waals surface area contributed by atoms with Crippen LogP contribution in [0.4, 0.5) is 0 Å². The maximum Gasteiger partial charge on any atom is 0.141 e. The van der Waals surface area contributed by atoms with Crippen LogP contribution in [0.15, 0.2) is 77.4 Å². The Labute approximate surface area is 111 Å². The van der Waals surface area contributed by atoms with E-state index >= 15 is 0 Å². The Morgan fingerprint density at radius 2 is 1.42 bits per heavy atom. The van der Waals surface area contributed by atoms with Gasteiger partial charge in [-0.05, 0) is 28.6 Å². The van der Waals surface area contributed by atoms with Crippen molar-refractivity contribution in [3.05, 3.63) is 73.0 Å². The van der Waals surface area contributed by atoms with Gasteiger partial charge in [-0.3, -0.25) is 0 Å². The monoisotopic (exact) mass is 244 g/mol. The summed E-state index contributed by atoms with van der Waals surface area (Å²) >= 11 is 0. The van der Waals surface area contributed by atoms with Crippen molar-refractivity contribution in [3.8, 4) is 11.1 Å². The summed E-state index contributed by atoms with van der Waals surface area (Å²) in [5.41, 5.74) is 3.46. The fourth-order valence-corrected chi connectivity index (χ4v) is 2.66. The summed E-state index contributed by atoms with van der Waals surface area (Å²) in [6, 6.07) is 23.1.